The van der Waals surface area contributed by atoms with Gasteiger partial charge in [0.2, 0.25) is 0 Å². The van der Waals surface area contributed by atoms with Gasteiger partial charge in [0.15, 0.2) is 9.84 Å². The van der Waals surface area contributed by atoms with E-state index in [0.29, 0.717) is 11.1 Å². The summed E-state index contributed by atoms with van der Waals surface area (Å²) in [5, 5.41) is 9.06. The molecular weight excluding hydrogens is 316 g/mol. The van der Waals surface area contributed by atoms with Gasteiger partial charge in [0.25, 0.3) is 0 Å². The molecule has 0 radical (unpaired) electrons. The first kappa shape index (κ1) is 17.6. The van der Waals surface area contributed by atoms with Gasteiger partial charge in [0, 0.05) is 6.26 Å². The lowest BCUT2D eigenvalue weighted by molar-refractivity contribution is 0.0696. The molecule has 1 aromatic rings. The second-order valence-electron chi connectivity index (χ2n) is 5.04. The third kappa shape index (κ3) is 4.82. The van der Waals surface area contributed by atoms with Crippen molar-refractivity contribution in [3.8, 4) is 0 Å². The van der Waals surface area contributed by atoms with Crippen LogP contribution >= 0.6 is 0 Å². The molecule has 6 nitrogen and oxygen atoms in total. The molecule has 0 saturated heterocycles. The molecule has 0 unspecified atom stereocenters. The van der Waals surface area contributed by atoms with Gasteiger partial charge in [-0.25, -0.2) is 21.6 Å². The number of rotatable bonds is 6. The zero-order valence-electron chi connectivity index (χ0n) is 12.1. The lowest BCUT2D eigenvalue weighted by Crippen LogP contribution is -2.14. The van der Waals surface area contributed by atoms with Crippen molar-refractivity contribution < 1.29 is 26.7 Å². The summed E-state index contributed by atoms with van der Waals surface area (Å²) in [5.41, 5.74) is 0.870. The van der Waals surface area contributed by atoms with Crippen LogP contribution in [0.2, 0.25) is 0 Å². The van der Waals surface area contributed by atoms with Gasteiger partial charge in [-0.1, -0.05) is 6.07 Å². The lowest BCUT2D eigenvalue weighted by Gasteiger charge is -2.10. The van der Waals surface area contributed by atoms with Gasteiger partial charge in [-0.15, -0.1) is 0 Å². The van der Waals surface area contributed by atoms with Crippen molar-refractivity contribution >= 4 is 25.6 Å². The maximum Gasteiger partial charge on any atom is 0.335 e. The van der Waals surface area contributed by atoms with Crippen LogP contribution in [0.5, 0.6) is 0 Å². The lowest BCUT2D eigenvalue weighted by atomic mass is 10.1. The molecule has 0 heterocycles. The Morgan fingerprint density at radius 2 is 1.62 bits per heavy atom. The maximum atomic E-state index is 12.2. The van der Waals surface area contributed by atoms with Gasteiger partial charge in [-0.05, 0) is 37.5 Å². The predicted octanol–water partition coefficient (Wildman–Crippen LogP) is 1.21. The molecule has 0 fully saturated rings. The molecule has 0 aliphatic rings. The van der Waals surface area contributed by atoms with Crippen LogP contribution in [0.25, 0.3) is 0 Å². The van der Waals surface area contributed by atoms with Crippen LogP contribution in [0.15, 0.2) is 17.0 Å². The third-order valence-corrected chi connectivity index (χ3v) is 5.98. The molecular formula is C13H18O6S2. The van der Waals surface area contributed by atoms with Gasteiger partial charge < -0.3 is 5.11 Å². The van der Waals surface area contributed by atoms with Crippen LogP contribution in [-0.4, -0.2) is 45.7 Å². The van der Waals surface area contributed by atoms with Crippen molar-refractivity contribution in [1.29, 1.82) is 0 Å². The fourth-order valence-electron chi connectivity index (χ4n) is 2.02. The summed E-state index contributed by atoms with van der Waals surface area (Å²) in [6.07, 6.45) is 1.02. The zero-order chi connectivity index (χ0) is 16.4. The third-order valence-electron chi connectivity index (χ3n) is 3.02. The van der Waals surface area contributed by atoms with E-state index in [1.165, 1.54) is 6.07 Å². The van der Waals surface area contributed by atoms with E-state index in [0.717, 1.165) is 12.3 Å². The number of carboxylic acid groups (broad SMARTS) is 1. The summed E-state index contributed by atoms with van der Waals surface area (Å²) in [6, 6.07) is 2.65. The predicted molar refractivity (Wildman–Crippen MR) is 79.3 cm³/mol. The zero-order valence-corrected chi connectivity index (χ0v) is 13.7. The van der Waals surface area contributed by atoms with Gasteiger partial charge in [-0.2, -0.15) is 0 Å². The largest absolute Gasteiger partial charge is 0.478 e. The molecule has 0 aliphatic carbocycles. The highest BCUT2D eigenvalue weighted by atomic mass is 32.2. The summed E-state index contributed by atoms with van der Waals surface area (Å²) >= 11 is 0. The molecule has 1 rings (SSSR count). The average Bonchev–Trinajstić information content (AvgIpc) is 2.25. The molecule has 0 saturated carbocycles. The van der Waals surface area contributed by atoms with Crippen LogP contribution in [0, 0.1) is 13.8 Å². The monoisotopic (exact) mass is 334 g/mol. The topological polar surface area (TPSA) is 106 Å². The Balaban J connectivity index is 3.14. The van der Waals surface area contributed by atoms with Crippen molar-refractivity contribution in [3.63, 3.8) is 0 Å². The molecule has 1 N–H and O–H groups in total. The number of aromatic carboxylic acids is 1. The summed E-state index contributed by atoms with van der Waals surface area (Å²) in [5.74, 6) is -1.74. The number of aryl methyl sites for hydroxylation is 2. The Bertz CT molecular complexity index is 760. The van der Waals surface area contributed by atoms with Crippen LogP contribution in [0.4, 0.5) is 0 Å². The highest BCUT2D eigenvalue weighted by Crippen LogP contribution is 2.22. The van der Waals surface area contributed by atoms with E-state index < -0.39 is 25.6 Å². The molecule has 0 aliphatic heterocycles. The van der Waals surface area contributed by atoms with Crippen molar-refractivity contribution in [1.82, 2.24) is 0 Å². The van der Waals surface area contributed by atoms with Crippen molar-refractivity contribution in [2.24, 2.45) is 0 Å². The van der Waals surface area contributed by atoms with E-state index in [1.807, 2.05) is 0 Å². The molecule has 0 aromatic heterocycles. The Morgan fingerprint density at radius 3 is 2.10 bits per heavy atom. The molecule has 0 bridgehead atoms. The summed E-state index contributed by atoms with van der Waals surface area (Å²) in [4.78, 5) is 11.0. The van der Waals surface area contributed by atoms with E-state index in [4.69, 9.17) is 5.11 Å². The number of benzene rings is 1. The fourth-order valence-corrected chi connectivity index (χ4v) is 4.46. The van der Waals surface area contributed by atoms with E-state index >= 15 is 0 Å². The molecule has 1 aromatic carbocycles. The normalized spacial score (nSPS) is 12.3. The summed E-state index contributed by atoms with van der Waals surface area (Å²) in [6.45, 7) is 3.18. The Hall–Kier alpha value is -1.41. The van der Waals surface area contributed by atoms with Crippen LogP contribution < -0.4 is 0 Å². The minimum Gasteiger partial charge on any atom is -0.478 e. The summed E-state index contributed by atoms with van der Waals surface area (Å²) in [7, 11) is -6.94. The molecule has 0 atom stereocenters. The fraction of sp³-hybridized carbons (Fsp3) is 0.462. The molecule has 118 valence electrons. The van der Waals surface area contributed by atoms with Gasteiger partial charge in [0.05, 0.1) is 22.0 Å². The SMILES string of the molecule is Cc1cc(C)c(S(=O)(=O)CCCS(C)(=O)=O)cc1C(=O)O. The van der Waals surface area contributed by atoms with E-state index in [-0.39, 0.29) is 28.4 Å². The number of carboxylic acids is 1. The van der Waals surface area contributed by atoms with Gasteiger partial charge in [-0.3, -0.25) is 0 Å². The minimum atomic E-state index is -3.71. The number of sulfone groups is 2. The highest BCUT2D eigenvalue weighted by molar-refractivity contribution is 7.92. The Kier molecular flexibility index (Phi) is 5.16. The molecule has 21 heavy (non-hydrogen) atoms. The van der Waals surface area contributed by atoms with Crippen LogP contribution in [-0.2, 0) is 19.7 Å². The quantitative estimate of drug-likeness (QED) is 0.838. The number of hydrogen-bond acceptors (Lipinski definition) is 5. The Labute approximate surface area is 124 Å². The van der Waals surface area contributed by atoms with Crippen molar-refractivity contribution in [2.45, 2.75) is 25.2 Å². The standard InChI is InChI=1S/C13H18O6S2/c1-9-7-10(2)12(8-11(9)13(14)15)21(18,19)6-4-5-20(3,16)17/h7-8H,4-6H2,1-3H3,(H,14,15). The minimum absolute atomic E-state index is 0.0170. The highest BCUT2D eigenvalue weighted by Gasteiger charge is 2.21. The van der Waals surface area contributed by atoms with Crippen molar-refractivity contribution in [2.75, 3.05) is 17.8 Å². The summed E-state index contributed by atoms with van der Waals surface area (Å²) < 4.78 is 46.5. The van der Waals surface area contributed by atoms with Crippen LogP contribution in [0.1, 0.15) is 27.9 Å². The average molecular weight is 334 g/mol. The van der Waals surface area contributed by atoms with Gasteiger partial charge in [0.1, 0.15) is 9.84 Å². The molecule has 0 amide bonds. The maximum absolute atomic E-state index is 12.2. The van der Waals surface area contributed by atoms with Crippen molar-refractivity contribution in [3.05, 3.63) is 28.8 Å². The van der Waals surface area contributed by atoms with Crippen LogP contribution in [0.3, 0.4) is 0 Å². The first-order valence-electron chi connectivity index (χ1n) is 6.19. The first-order chi connectivity index (χ1) is 9.44. The van der Waals surface area contributed by atoms with Gasteiger partial charge >= 0.3 is 5.97 Å². The Morgan fingerprint density at radius 1 is 1.05 bits per heavy atom. The smallest absolute Gasteiger partial charge is 0.335 e. The number of carbonyl (C=O) groups is 1. The molecule has 8 heteroatoms. The van der Waals surface area contributed by atoms with E-state index in [1.54, 1.807) is 13.8 Å². The second kappa shape index (κ2) is 6.15. The van der Waals surface area contributed by atoms with E-state index in [9.17, 15) is 21.6 Å². The number of hydrogen-bond donors (Lipinski definition) is 1. The molecule has 0 spiro atoms. The second-order valence-corrected chi connectivity index (χ2v) is 9.38. The van der Waals surface area contributed by atoms with E-state index in [2.05, 4.69) is 0 Å². The first-order valence-corrected chi connectivity index (χ1v) is 9.90.